The van der Waals surface area contributed by atoms with Crippen molar-refractivity contribution in [2.45, 2.75) is 31.9 Å². The highest BCUT2D eigenvalue weighted by Gasteiger charge is 2.23. The monoisotopic (exact) mass is 285 g/mol. The largest absolute Gasteiger partial charge is 0.373 e. The zero-order valence-corrected chi connectivity index (χ0v) is 12.2. The second-order valence-electron chi connectivity index (χ2n) is 5.71. The number of ether oxygens (including phenoxy) is 1. The standard InChI is InChI=1S/C18H20FNO/c1-12-8-14(10-15(19)9-12)17(20)11-18-16-5-3-2-4-13(16)6-7-21-18/h2-5,8-10,17-18H,6-7,11,20H2,1H3. The maximum absolute atomic E-state index is 13.5. The molecule has 0 saturated carbocycles. The van der Waals surface area contributed by atoms with Gasteiger partial charge >= 0.3 is 0 Å². The Morgan fingerprint density at radius 1 is 1.29 bits per heavy atom. The van der Waals surface area contributed by atoms with Gasteiger partial charge in [0.05, 0.1) is 12.7 Å². The van der Waals surface area contributed by atoms with Gasteiger partial charge in [-0.2, -0.15) is 0 Å². The Morgan fingerprint density at radius 2 is 2.10 bits per heavy atom. The van der Waals surface area contributed by atoms with Gasteiger partial charge in [-0.25, -0.2) is 4.39 Å². The van der Waals surface area contributed by atoms with Crippen LogP contribution in [0.3, 0.4) is 0 Å². The Morgan fingerprint density at radius 3 is 2.90 bits per heavy atom. The van der Waals surface area contributed by atoms with Crippen LogP contribution in [0, 0.1) is 12.7 Å². The van der Waals surface area contributed by atoms with Crippen LogP contribution in [0.1, 0.15) is 40.8 Å². The third-order valence-corrected chi connectivity index (χ3v) is 4.05. The second-order valence-corrected chi connectivity index (χ2v) is 5.71. The third-order valence-electron chi connectivity index (χ3n) is 4.05. The predicted octanol–water partition coefficient (Wildman–Crippen LogP) is 3.84. The summed E-state index contributed by atoms with van der Waals surface area (Å²) < 4.78 is 19.4. The van der Waals surface area contributed by atoms with E-state index in [9.17, 15) is 4.39 Å². The zero-order valence-electron chi connectivity index (χ0n) is 12.2. The second kappa shape index (κ2) is 5.96. The van der Waals surface area contributed by atoms with Crippen molar-refractivity contribution in [2.75, 3.05) is 6.61 Å². The molecule has 1 aliphatic rings. The minimum absolute atomic E-state index is 0.00600. The minimum Gasteiger partial charge on any atom is -0.373 e. The van der Waals surface area contributed by atoms with Crippen molar-refractivity contribution >= 4 is 0 Å². The van der Waals surface area contributed by atoms with Crippen LogP contribution in [0.15, 0.2) is 42.5 Å². The van der Waals surface area contributed by atoms with E-state index in [1.807, 2.05) is 19.1 Å². The Kier molecular flexibility index (Phi) is 4.04. The highest BCUT2D eigenvalue weighted by molar-refractivity contribution is 5.32. The van der Waals surface area contributed by atoms with Crippen molar-refractivity contribution in [1.29, 1.82) is 0 Å². The van der Waals surface area contributed by atoms with E-state index >= 15 is 0 Å². The lowest BCUT2D eigenvalue weighted by atomic mass is 9.91. The lowest BCUT2D eigenvalue weighted by Gasteiger charge is -2.28. The summed E-state index contributed by atoms with van der Waals surface area (Å²) in [7, 11) is 0. The molecular formula is C18H20FNO. The topological polar surface area (TPSA) is 35.2 Å². The molecule has 2 aromatic carbocycles. The number of nitrogens with two attached hydrogens (primary N) is 1. The Labute approximate surface area is 124 Å². The van der Waals surface area contributed by atoms with Gasteiger partial charge in [-0.05, 0) is 54.2 Å². The van der Waals surface area contributed by atoms with E-state index in [2.05, 4.69) is 18.2 Å². The summed E-state index contributed by atoms with van der Waals surface area (Å²) in [5.74, 6) is -0.231. The fraction of sp³-hybridized carbons (Fsp3) is 0.333. The van der Waals surface area contributed by atoms with Gasteiger partial charge in [0.15, 0.2) is 0 Å². The average molecular weight is 285 g/mol. The van der Waals surface area contributed by atoms with Crippen molar-refractivity contribution in [3.8, 4) is 0 Å². The van der Waals surface area contributed by atoms with Gasteiger partial charge in [0.25, 0.3) is 0 Å². The highest BCUT2D eigenvalue weighted by atomic mass is 19.1. The van der Waals surface area contributed by atoms with E-state index in [0.717, 1.165) is 24.2 Å². The number of rotatable bonds is 3. The number of hydrogen-bond donors (Lipinski definition) is 1. The molecule has 0 amide bonds. The molecule has 0 radical (unpaired) electrons. The SMILES string of the molecule is Cc1cc(F)cc(C(N)CC2OCCc3ccccc32)c1. The maximum Gasteiger partial charge on any atom is 0.123 e. The summed E-state index contributed by atoms with van der Waals surface area (Å²) in [4.78, 5) is 0. The molecule has 0 bridgehead atoms. The first kappa shape index (κ1) is 14.2. The first-order valence-electron chi connectivity index (χ1n) is 7.35. The van der Waals surface area contributed by atoms with Crippen LogP contribution in [0.25, 0.3) is 0 Å². The summed E-state index contributed by atoms with van der Waals surface area (Å²) in [5.41, 5.74) is 10.5. The predicted molar refractivity (Wildman–Crippen MR) is 81.5 cm³/mol. The van der Waals surface area contributed by atoms with Gasteiger partial charge in [-0.3, -0.25) is 0 Å². The van der Waals surface area contributed by atoms with Crippen molar-refractivity contribution in [3.63, 3.8) is 0 Å². The van der Waals surface area contributed by atoms with Crippen LogP contribution in [-0.4, -0.2) is 6.61 Å². The van der Waals surface area contributed by atoms with Crippen LogP contribution in [-0.2, 0) is 11.2 Å². The molecule has 0 aliphatic carbocycles. The minimum atomic E-state index is -0.231. The van der Waals surface area contributed by atoms with E-state index in [4.69, 9.17) is 10.5 Å². The maximum atomic E-state index is 13.5. The van der Waals surface area contributed by atoms with E-state index in [0.29, 0.717) is 6.42 Å². The van der Waals surface area contributed by atoms with Gasteiger partial charge in [-0.15, -0.1) is 0 Å². The lowest BCUT2D eigenvalue weighted by molar-refractivity contribution is 0.0319. The Balaban J connectivity index is 1.81. The molecule has 0 saturated heterocycles. The van der Waals surface area contributed by atoms with Crippen molar-refractivity contribution in [3.05, 3.63) is 70.5 Å². The van der Waals surface area contributed by atoms with Gasteiger partial charge in [0.2, 0.25) is 0 Å². The fourth-order valence-corrected chi connectivity index (χ4v) is 3.02. The number of benzene rings is 2. The summed E-state index contributed by atoms with van der Waals surface area (Å²) in [5, 5.41) is 0. The number of halogens is 1. The zero-order chi connectivity index (χ0) is 14.8. The molecule has 2 atom stereocenters. The molecular weight excluding hydrogens is 265 g/mol. The molecule has 0 aromatic heterocycles. The van der Waals surface area contributed by atoms with Crippen molar-refractivity contribution in [1.82, 2.24) is 0 Å². The van der Waals surface area contributed by atoms with Crippen LogP contribution in [0.5, 0.6) is 0 Å². The molecule has 110 valence electrons. The smallest absolute Gasteiger partial charge is 0.123 e. The van der Waals surface area contributed by atoms with Crippen LogP contribution < -0.4 is 5.73 Å². The molecule has 3 heteroatoms. The Bertz CT molecular complexity index is 621. The normalized spacial score (nSPS) is 19.1. The average Bonchev–Trinajstić information content (AvgIpc) is 2.46. The highest BCUT2D eigenvalue weighted by Crippen LogP contribution is 2.33. The van der Waals surface area contributed by atoms with Gasteiger partial charge in [-0.1, -0.05) is 30.3 Å². The van der Waals surface area contributed by atoms with Crippen molar-refractivity contribution in [2.24, 2.45) is 5.73 Å². The number of fused-ring (bicyclic) bond motifs is 1. The molecule has 2 unspecified atom stereocenters. The van der Waals surface area contributed by atoms with E-state index in [-0.39, 0.29) is 18.0 Å². The first-order chi connectivity index (χ1) is 10.1. The van der Waals surface area contributed by atoms with E-state index in [1.165, 1.54) is 23.3 Å². The molecule has 0 spiro atoms. The summed E-state index contributed by atoms with van der Waals surface area (Å²) in [6, 6.07) is 13.1. The molecule has 2 N–H and O–H groups in total. The molecule has 3 rings (SSSR count). The molecule has 21 heavy (non-hydrogen) atoms. The summed E-state index contributed by atoms with van der Waals surface area (Å²) in [6.07, 6.45) is 1.61. The number of hydrogen-bond acceptors (Lipinski definition) is 2. The Hall–Kier alpha value is -1.71. The molecule has 2 aromatic rings. The van der Waals surface area contributed by atoms with E-state index < -0.39 is 0 Å². The first-order valence-corrected chi connectivity index (χ1v) is 7.35. The van der Waals surface area contributed by atoms with Gasteiger partial charge in [0.1, 0.15) is 5.82 Å². The van der Waals surface area contributed by atoms with E-state index in [1.54, 1.807) is 0 Å². The number of aryl methyl sites for hydroxylation is 1. The quantitative estimate of drug-likeness (QED) is 0.930. The van der Waals surface area contributed by atoms with Crippen LogP contribution >= 0.6 is 0 Å². The lowest BCUT2D eigenvalue weighted by Crippen LogP contribution is -2.21. The summed E-state index contributed by atoms with van der Waals surface area (Å²) >= 11 is 0. The van der Waals surface area contributed by atoms with Gasteiger partial charge < -0.3 is 10.5 Å². The molecule has 1 heterocycles. The molecule has 2 nitrogen and oxygen atoms in total. The van der Waals surface area contributed by atoms with Gasteiger partial charge in [0, 0.05) is 6.04 Å². The fourth-order valence-electron chi connectivity index (χ4n) is 3.02. The molecule has 1 aliphatic heterocycles. The van der Waals surface area contributed by atoms with Crippen LogP contribution in [0.2, 0.25) is 0 Å². The summed E-state index contributed by atoms with van der Waals surface area (Å²) in [6.45, 7) is 2.60. The third kappa shape index (κ3) is 3.14. The molecule has 0 fully saturated rings. The van der Waals surface area contributed by atoms with Crippen molar-refractivity contribution < 1.29 is 9.13 Å². The van der Waals surface area contributed by atoms with Crippen LogP contribution in [0.4, 0.5) is 4.39 Å².